The number of hydrogen-bond donors (Lipinski definition) is 0. The van der Waals surface area contributed by atoms with Crippen molar-refractivity contribution in [3.05, 3.63) is 81.0 Å². The molecule has 0 unspecified atom stereocenters. The van der Waals surface area contributed by atoms with E-state index in [0.717, 1.165) is 0 Å². The van der Waals surface area contributed by atoms with Crippen LogP contribution in [-0.4, -0.2) is 31.9 Å². The van der Waals surface area contributed by atoms with E-state index in [0.29, 0.717) is 32.9 Å². The number of halogens is 1. The van der Waals surface area contributed by atoms with Crippen LogP contribution >= 0.6 is 11.6 Å². The van der Waals surface area contributed by atoms with Gasteiger partial charge in [-0.3, -0.25) is 9.59 Å². The Hall–Kier alpha value is -3.25. The normalized spacial score (nSPS) is 11.4. The Kier molecular flexibility index (Phi) is 5.94. The molecule has 29 heavy (non-hydrogen) atoms. The molecule has 0 fully saturated rings. The number of ketones is 1. The monoisotopic (exact) mass is 413 g/mol. The molecule has 3 rings (SSSR count). The Bertz CT molecular complexity index is 1150. The smallest absolute Gasteiger partial charge is 0.229 e. The summed E-state index contributed by atoms with van der Waals surface area (Å²) < 4.78 is 16.8. The van der Waals surface area contributed by atoms with Crippen molar-refractivity contribution in [1.29, 1.82) is 0 Å². The van der Waals surface area contributed by atoms with Crippen LogP contribution in [-0.2, 0) is 0 Å². The second kappa shape index (κ2) is 8.41. The molecule has 3 aromatic rings. The SMILES string of the molecule is COc1cc2c(=O)c(C)coc2cc1O/C(=C\N(C)C)C(=O)c1ccc(Cl)cc1. The van der Waals surface area contributed by atoms with Gasteiger partial charge in [-0.1, -0.05) is 11.6 Å². The quantitative estimate of drug-likeness (QED) is 0.338. The third-order valence-corrected chi connectivity index (χ3v) is 4.41. The molecule has 0 saturated carbocycles. The van der Waals surface area contributed by atoms with Gasteiger partial charge in [0.1, 0.15) is 5.58 Å². The maximum atomic E-state index is 13.0. The maximum absolute atomic E-state index is 13.0. The van der Waals surface area contributed by atoms with E-state index in [1.54, 1.807) is 62.5 Å². The standard InChI is InChI=1S/C22H20ClNO5/c1-13-12-28-17-10-19(18(27-4)9-16(17)21(13)25)29-20(11-24(2)3)22(26)14-5-7-15(23)8-6-14/h5-12H,1-4H3/b20-11-. The van der Waals surface area contributed by atoms with Gasteiger partial charge >= 0.3 is 0 Å². The van der Waals surface area contributed by atoms with Crippen LogP contribution < -0.4 is 14.9 Å². The summed E-state index contributed by atoms with van der Waals surface area (Å²) in [5.41, 5.74) is 1.08. The topological polar surface area (TPSA) is 69.0 Å². The number of carbonyl (C=O) groups excluding carboxylic acids is 1. The molecule has 0 bridgehead atoms. The van der Waals surface area contributed by atoms with Gasteiger partial charge < -0.3 is 18.8 Å². The predicted octanol–water partition coefficient (Wildman–Crippen LogP) is 4.43. The molecule has 0 atom stereocenters. The number of allylic oxidation sites excluding steroid dienone is 1. The lowest BCUT2D eigenvalue weighted by Crippen LogP contribution is -2.15. The summed E-state index contributed by atoms with van der Waals surface area (Å²) in [5.74, 6) is 0.304. The number of ether oxygens (including phenoxy) is 2. The molecule has 6 nitrogen and oxygen atoms in total. The summed E-state index contributed by atoms with van der Waals surface area (Å²) in [6.45, 7) is 1.67. The minimum Gasteiger partial charge on any atom is -0.493 e. The molecule has 0 saturated heterocycles. The molecule has 0 aliphatic carbocycles. The predicted molar refractivity (Wildman–Crippen MR) is 112 cm³/mol. The number of methoxy groups -OCH3 is 1. The van der Waals surface area contributed by atoms with Gasteiger partial charge in [-0.25, -0.2) is 0 Å². The Morgan fingerprint density at radius 2 is 1.83 bits per heavy atom. The van der Waals surface area contributed by atoms with Gasteiger partial charge in [0, 0.05) is 42.5 Å². The van der Waals surface area contributed by atoms with E-state index in [4.69, 9.17) is 25.5 Å². The summed E-state index contributed by atoms with van der Waals surface area (Å²) in [5, 5.41) is 0.901. The van der Waals surface area contributed by atoms with Crippen molar-refractivity contribution in [1.82, 2.24) is 4.90 Å². The van der Waals surface area contributed by atoms with Crippen LogP contribution in [0.15, 0.2) is 63.8 Å². The van der Waals surface area contributed by atoms with Gasteiger partial charge in [0.05, 0.1) is 18.8 Å². The van der Waals surface area contributed by atoms with E-state index < -0.39 is 0 Å². The molecule has 2 aromatic carbocycles. The van der Waals surface area contributed by atoms with Gasteiger partial charge in [-0.05, 0) is 37.3 Å². The van der Waals surface area contributed by atoms with E-state index in [9.17, 15) is 9.59 Å². The molecular formula is C22H20ClNO5. The van der Waals surface area contributed by atoms with E-state index in [1.807, 2.05) is 0 Å². The summed E-state index contributed by atoms with van der Waals surface area (Å²) in [7, 11) is 5.01. The Labute approximate surface area is 172 Å². The number of hydrogen-bond acceptors (Lipinski definition) is 6. The zero-order valence-corrected chi connectivity index (χ0v) is 17.2. The van der Waals surface area contributed by atoms with Crippen molar-refractivity contribution in [3.8, 4) is 11.5 Å². The highest BCUT2D eigenvalue weighted by atomic mass is 35.5. The summed E-state index contributed by atoms with van der Waals surface area (Å²) in [6, 6.07) is 9.59. The number of nitrogens with zero attached hydrogens (tertiary/aromatic N) is 1. The van der Waals surface area contributed by atoms with Crippen LogP contribution in [0.3, 0.4) is 0 Å². The molecule has 0 aliphatic heterocycles. The van der Waals surface area contributed by atoms with E-state index >= 15 is 0 Å². The zero-order valence-electron chi connectivity index (χ0n) is 16.5. The molecule has 150 valence electrons. The molecule has 1 aromatic heterocycles. The first-order valence-electron chi connectivity index (χ1n) is 8.76. The fourth-order valence-electron chi connectivity index (χ4n) is 2.70. The number of aryl methyl sites for hydroxylation is 1. The van der Waals surface area contributed by atoms with Crippen LogP contribution in [0, 0.1) is 6.92 Å². The van der Waals surface area contributed by atoms with Gasteiger partial charge in [-0.15, -0.1) is 0 Å². The Morgan fingerprint density at radius 3 is 2.45 bits per heavy atom. The third kappa shape index (κ3) is 4.43. The highest BCUT2D eigenvalue weighted by Gasteiger charge is 2.19. The molecule has 0 radical (unpaired) electrons. The van der Waals surface area contributed by atoms with Crippen LogP contribution in [0.1, 0.15) is 15.9 Å². The van der Waals surface area contributed by atoms with Gasteiger partial charge in [-0.2, -0.15) is 0 Å². The maximum Gasteiger partial charge on any atom is 0.229 e. The molecular weight excluding hydrogens is 394 g/mol. The summed E-state index contributed by atoms with van der Waals surface area (Å²) in [4.78, 5) is 27.0. The lowest BCUT2D eigenvalue weighted by atomic mass is 10.1. The number of carbonyl (C=O) groups is 1. The number of rotatable bonds is 6. The molecule has 0 amide bonds. The molecule has 7 heteroatoms. The summed E-state index contributed by atoms with van der Waals surface area (Å²) in [6.07, 6.45) is 2.95. The Morgan fingerprint density at radius 1 is 1.14 bits per heavy atom. The summed E-state index contributed by atoms with van der Waals surface area (Å²) >= 11 is 5.91. The van der Waals surface area contributed by atoms with Crippen molar-refractivity contribution in [3.63, 3.8) is 0 Å². The molecule has 0 N–H and O–H groups in total. The first kappa shape index (κ1) is 20.5. The van der Waals surface area contributed by atoms with E-state index in [1.165, 1.54) is 19.4 Å². The van der Waals surface area contributed by atoms with Crippen LogP contribution in [0.2, 0.25) is 5.02 Å². The minimum atomic E-state index is -0.331. The van der Waals surface area contributed by atoms with E-state index in [-0.39, 0.29) is 22.7 Å². The third-order valence-electron chi connectivity index (χ3n) is 4.16. The second-order valence-electron chi connectivity index (χ2n) is 6.64. The lowest BCUT2D eigenvalue weighted by molar-refractivity contribution is 0.0981. The minimum absolute atomic E-state index is 0.0735. The fourth-order valence-corrected chi connectivity index (χ4v) is 2.83. The van der Waals surface area contributed by atoms with Crippen molar-refractivity contribution in [2.45, 2.75) is 6.92 Å². The average Bonchev–Trinajstić information content (AvgIpc) is 2.70. The van der Waals surface area contributed by atoms with Gasteiger partial charge in [0.15, 0.2) is 22.7 Å². The van der Waals surface area contributed by atoms with Crippen molar-refractivity contribution in [2.24, 2.45) is 0 Å². The number of Topliss-reactive ketones (excluding diaryl/α,β-unsaturated/α-hetero) is 1. The van der Waals surface area contributed by atoms with Crippen LogP contribution in [0.25, 0.3) is 11.0 Å². The number of fused-ring (bicyclic) bond motifs is 1. The highest BCUT2D eigenvalue weighted by Crippen LogP contribution is 2.33. The van der Waals surface area contributed by atoms with E-state index in [2.05, 4.69) is 0 Å². The Balaban J connectivity index is 2.06. The first-order chi connectivity index (χ1) is 13.8. The molecule has 0 aliphatic rings. The van der Waals surface area contributed by atoms with Gasteiger partial charge in [0.2, 0.25) is 5.78 Å². The second-order valence-corrected chi connectivity index (χ2v) is 7.08. The van der Waals surface area contributed by atoms with Crippen LogP contribution in [0.4, 0.5) is 0 Å². The fraction of sp³-hybridized carbons (Fsp3) is 0.182. The highest BCUT2D eigenvalue weighted by molar-refractivity contribution is 6.30. The van der Waals surface area contributed by atoms with Crippen LogP contribution in [0.5, 0.6) is 11.5 Å². The average molecular weight is 414 g/mol. The van der Waals surface area contributed by atoms with Crippen molar-refractivity contribution >= 4 is 28.4 Å². The number of benzene rings is 2. The lowest BCUT2D eigenvalue weighted by Gasteiger charge is -2.15. The van der Waals surface area contributed by atoms with Crippen molar-refractivity contribution < 1.29 is 18.7 Å². The first-order valence-corrected chi connectivity index (χ1v) is 9.14. The largest absolute Gasteiger partial charge is 0.493 e. The van der Waals surface area contributed by atoms with Crippen molar-refractivity contribution in [2.75, 3.05) is 21.2 Å². The van der Waals surface area contributed by atoms with Gasteiger partial charge in [0.25, 0.3) is 0 Å². The molecule has 0 spiro atoms. The zero-order chi connectivity index (χ0) is 21.1. The molecule has 1 heterocycles.